The second-order valence-corrected chi connectivity index (χ2v) is 6.43. The third-order valence-corrected chi connectivity index (χ3v) is 4.62. The Balaban J connectivity index is 1.58. The molecule has 0 aromatic carbocycles. The van der Waals surface area contributed by atoms with E-state index in [0.29, 0.717) is 5.56 Å². The van der Waals surface area contributed by atoms with E-state index in [9.17, 15) is 4.79 Å². The Labute approximate surface area is 139 Å². The van der Waals surface area contributed by atoms with Crippen molar-refractivity contribution in [3.63, 3.8) is 0 Å². The van der Waals surface area contributed by atoms with Crippen LogP contribution in [-0.2, 0) is 6.54 Å². The molecule has 1 amide bonds. The van der Waals surface area contributed by atoms with Gasteiger partial charge in [0.05, 0.1) is 24.3 Å². The molecule has 1 atom stereocenters. The van der Waals surface area contributed by atoms with Crippen LogP contribution < -0.4 is 0 Å². The van der Waals surface area contributed by atoms with Gasteiger partial charge in [-0.15, -0.1) is 10.2 Å². The van der Waals surface area contributed by atoms with E-state index in [1.54, 1.807) is 0 Å². The maximum atomic E-state index is 13.0. The molecule has 1 saturated heterocycles. The molecule has 0 saturated carbocycles. The number of likely N-dealkylation sites (tertiary alicyclic amines) is 1. The molecule has 3 aromatic heterocycles. The van der Waals surface area contributed by atoms with Crippen molar-refractivity contribution in [3.8, 4) is 0 Å². The number of hydrogen-bond donors (Lipinski definition) is 0. The largest absolute Gasteiger partial charge is 0.334 e. The summed E-state index contributed by atoms with van der Waals surface area (Å²) in [6.45, 7) is 5.45. The second-order valence-electron chi connectivity index (χ2n) is 6.43. The Morgan fingerprint density at radius 3 is 2.92 bits per heavy atom. The molecule has 124 valence electrons. The molecule has 1 aliphatic heterocycles. The molecule has 24 heavy (non-hydrogen) atoms. The lowest BCUT2D eigenvalue weighted by atomic mass is 10.2. The van der Waals surface area contributed by atoms with Gasteiger partial charge >= 0.3 is 0 Å². The van der Waals surface area contributed by atoms with Crippen LogP contribution in [0.5, 0.6) is 0 Å². The van der Waals surface area contributed by atoms with Crippen LogP contribution in [0.2, 0.25) is 0 Å². The van der Waals surface area contributed by atoms with Crippen molar-refractivity contribution in [1.29, 1.82) is 0 Å². The minimum atomic E-state index is 0.0661. The number of hydrogen-bond acceptors (Lipinski definition) is 4. The molecule has 7 nitrogen and oxygen atoms in total. The smallest absolute Gasteiger partial charge is 0.255 e. The van der Waals surface area contributed by atoms with E-state index in [1.165, 1.54) is 0 Å². The topological polar surface area (TPSA) is 68.3 Å². The summed E-state index contributed by atoms with van der Waals surface area (Å²) in [4.78, 5) is 14.9. The van der Waals surface area contributed by atoms with Crippen molar-refractivity contribution >= 4 is 11.6 Å². The van der Waals surface area contributed by atoms with Crippen LogP contribution in [0.1, 0.15) is 34.6 Å². The van der Waals surface area contributed by atoms with Gasteiger partial charge in [0.1, 0.15) is 5.82 Å². The van der Waals surface area contributed by atoms with Gasteiger partial charge < -0.3 is 4.90 Å². The van der Waals surface area contributed by atoms with Crippen molar-refractivity contribution in [2.45, 2.75) is 39.3 Å². The Kier molecular flexibility index (Phi) is 3.55. The predicted octanol–water partition coefficient (Wildman–Crippen LogP) is 1.85. The second kappa shape index (κ2) is 5.74. The molecule has 0 spiro atoms. The maximum Gasteiger partial charge on any atom is 0.255 e. The van der Waals surface area contributed by atoms with Gasteiger partial charge in [0.15, 0.2) is 5.65 Å². The number of pyridine rings is 1. The fourth-order valence-corrected chi connectivity index (χ4v) is 3.37. The molecule has 4 heterocycles. The number of carbonyl (C=O) groups excluding carboxylic acids is 1. The van der Waals surface area contributed by atoms with Gasteiger partial charge in [-0.1, -0.05) is 0 Å². The van der Waals surface area contributed by atoms with Crippen LogP contribution in [0.4, 0.5) is 0 Å². The summed E-state index contributed by atoms with van der Waals surface area (Å²) < 4.78 is 3.79. The summed E-state index contributed by atoms with van der Waals surface area (Å²) in [6.07, 6.45) is 7.75. The Bertz CT molecular complexity index is 896. The standard InChI is InChI=1S/C17H20N6O/c1-12-8-18-21(9-12)11-15-4-3-7-22(15)17(24)14-5-6-16-20-19-13(2)23(16)10-14/h5-6,8-10,15H,3-4,7,11H2,1-2H3. The van der Waals surface area contributed by atoms with Gasteiger partial charge in [0.2, 0.25) is 0 Å². The Hall–Kier alpha value is -2.70. The summed E-state index contributed by atoms with van der Waals surface area (Å²) >= 11 is 0. The van der Waals surface area contributed by atoms with Crippen LogP contribution >= 0.6 is 0 Å². The first-order valence-corrected chi connectivity index (χ1v) is 8.23. The van der Waals surface area contributed by atoms with E-state index in [-0.39, 0.29) is 11.9 Å². The van der Waals surface area contributed by atoms with E-state index >= 15 is 0 Å². The van der Waals surface area contributed by atoms with E-state index < -0.39 is 0 Å². The average Bonchev–Trinajstić information content (AvgIpc) is 3.29. The monoisotopic (exact) mass is 324 g/mol. The summed E-state index contributed by atoms with van der Waals surface area (Å²) in [5.74, 6) is 0.848. The number of amides is 1. The van der Waals surface area contributed by atoms with Crippen molar-refractivity contribution in [2.75, 3.05) is 6.54 Å². The molecule has 0 aliphatic carbocycles. The molecule has 3 aromatic rings. The van der Waals surface area contributed by atoms with Gasteiger partial charge in [0.25, 0.3) is 5.91 Å². The number of rotatable bonds is 3. The Morgan fingerprint density at radius 1 is 1.25 bits per heavy atom. The summed E-state index contributed by atoms with van der Waals surface area (Å²) in [6, 6.07) is 3.86. The van der Waals surface area contributed by atoms with E-state index in [0.717, 1.165) is 43.0 Å². The average molecular weight is 324 g/mol. The van der Waals surface area contributed by atoms with Crippen molar-refractivity contribution < 1.29 is 4.79 Å². The van der Waals surface area contributed by atoms with Crippen LogP contribution in [0.15, 0.2) is 30.7 Å². The molecule has 0 radical (unpaired) electrons. The third-order valence-electron chi connectivity index (χ3n) is 4.62. The molecule has 0 N–H and O–H groups in total. The zero-order valence-corrected chi connectivity index (χ0v) is 13.9. The number of aryl methyl sites for hydroxylation is 2. The minimum absolute atomic E-state index is 0.0661. The lowest BCUT2D eigenvalue weighted by molar-refractivity contribution is 0.0721. The van der Waals surface area contributed by atoms with Gasteiger partial charge in [0, 0.05) is 18.9 Å². The van der Waals surface area contributed by atoms with E-state index in [2.05, 4.69) is 15.3 Å². The van der Waals surface area contributed by atoms with Crippen molar-refractivity contribution in [1.82, 2.24) is 29.3 Å². The highest BCUT2D eigenvalue weighted by atomic mass is 16.2. The summed E-state index contributed by atoms with van der Waals surface area (Å²) in [5, 5.41) is 12.5. The zero-order valence-electron chi connectivity index (χ0n) is 13.9. The molecule has 1 unspecified atom stereocenters. The quantitative estimate of drug-likeness (QED) is 0.737. The van der Waals surface area contributed by atoms with Crippen LogP contribution in [-0.4, -0.2) is 47.8 Å². The highest BCUT2D eigenvalue weighted by Gasteiger charge is 2.30. The van der Waals surface area contributed by atoms with Crippen LogP contribution in [0, 0.1) is 13.8 Å². The first-order valence-electron chi connectivity index (χ1n) is 8.23. The van der Waals surface area contributed by atoms with Gasteiger partial charge in [-0.25, -0.2) is 0 Å². The Morgan fingerprint density at radius 2 is 2.12 bits per heavy atom. The molecule has 1 fully saturated rings. The number of fused-ring (bicyclic) bond motifs is 1. The van der Waals surface area contributed by atoms with Gasteiger partial charge in [-0.3, -0.25) is 13.9 Å². The third kappa shape index (κ3) is 2.55. The van der Waals surface area contributed by atoms with Crippen molar-refractivity contribution in [3.05, 3.63) is 47.7 Å². The van der Waals surface area contributed by atoms with E-state index in [1.807, 2.05) is 58.6 Å². The lowest BCUT2D eigenvalue weighted by Gasteiger charge is -2.24. The van der Waals surface area contributed by atoms with Crippen LogP contribution in [0.25, 0.3) is 5.65 Å². The maximum absolute atomic E-state index is 13.0. The van der Waals surface area contributed by atoms with Crippen LogP contribution in [0.3, 0.4) is 0 Å². The van der Waals surface area contributed by atoms with Crippen molar-refractivity contribution in [2.24, 2.45) is 0 Å². The molecule has 7 heteroatoms. The predicted molar refractivity (Wildman–Crippen MR) is 88.7 cm³/mol. The summed E-state index contributed by atoms with van der Waals surface area (Å²) in [5.41, 5.74) is 2.57. The van der Waals surface area contributed by atoms with E-state index in [4.69, 9.17) is 0 Å². The number of aromatic nitrogens is 5. The minimum Gasteiger partial charge on any atom is -0.334 e. The first kappa shape index (κ1) is 14.9. The number of nitrogens with zero attached hydrogens (tertiary/aromatic N) is 6. The molecular weight excluding hydrogens is 304 g/mol. The molecule has 1 aliphatic rings. The summed E-state index contributed by atoms with van der Waals surface area (Å²) in [7, 11) is 0. The van der Waals surface area contributed by atoms with Gasteiger partial charge in [-0.2, -0.15) is 5.10 Å². The normalized spacial score (nSPS) is 17.8. The molecule has 0 bridgehead atoms. The first-order chi connectivity index (χ1) is 11.6. The number of carbonyl (C=O) groups is 1. The zero-order chi connectivity index (χ0) is 16.7. The fraction of sp³-hybridized carbons (Fsp3) is 0.412. The SMILES string of the molecule is Cc1cnn(CC2CCCN2C(=O)c2ccc3nnc(C)n3c2)c1. The highest BCUT2D eigenvalue weighted by molar-refractivity contribution is 5.94. The fourth-order valence-electron chi connectivity index (χ4n) is 3.37. The molecule has 4 rings (SSSR count). The lowest BCUT2D eigenvalue weighted by Crippen LogP contribution is -2.38. The van der Waals surface area contributed by atoms with Gasteiger partial charge in [-0.05, 0) is 44.4 Å². The highest BCUT2D eigenvalue weighted by Crippen LogP contribution is 2.22. The molecular formula is C17H20N6O.